The lowest BCUT2D eigenvalue weighted by Gasteiger charge is -1.99. The Morgan fingerprint density at radius 2 is 1.78 bits per heavy atom. The van der Waals surface area contributed by atoms with Crippen molar-refractivity contribution in [3.63, 3.8) is 0 Å². The number of ketones is 1. The fraction of sp³-hybridized carbons (Fsp3) is 0.0667. The van der Waals surface area contributed by atoms with E-state index in [1.807, 2.05) is 24.3 Å². The highest BCUT2D eigenvalue weighted by molar-refractivity contribution is 6.06. The lowest BCUT2D eigenvalue weighted by molar-refractivity contribution is 0.104. The van der Waals surface area contributed by atoms with Gasteiger partial charge in [0.05, 0.1) is 7.11 Å². The van der Waals surface area contributed by atoms with Crippen LogP contribution in [-0.2, 0) is 0 Å². The molecule has 3 heteroatoms. The maximum Gasteiger partial charge on any atom is 0.185 e. The van der Waals surface area contributed by atoms with Crippen LogP contribution in [0.25, 0.3) is 6.08 Å². The van der Waals surface area contributed by atoms with Crippen molar-refractivity contribution in [2.75, 3.05) is 7.11 Å². The summed E-state index contributed by atoms with van der Waals surface area (Å²) in [7, 11) is 1.62. The van der Waals surface area contributed by atoms with E-state index in [2.05, 4.69) is 4.98 Å². The minimum absolute atomic E-state index is 0.0341. The van der Waals surface area contributed by atoms with E-state index in [9.17, 15) is 4.79 Å². The van der Waals surface area contributed by atoms with Crippen LogP contribution >= 0.6 is 0 Å². The van der Waals surface area contributed by atoms with Gasteiger partial charge in [0.1, 0.15) is 5.75 Å². The van der Waals surface area contributed by atoms with Gasteiger partial charge in [-0.15, -0.1) is 0 Å². The maximum absolute atomic E-state index is 11.8. The summed E-state index contributed by atoms with van der Waals surface area (Å²) in [5.41, 5.74) is 1.59. The van der Waals surface area contributed by atoms with E-state index in [-0.39, 0.29) is 5.78 Å². The highest BCUT2D eigenvalue weighted by Gasteiger charge is 1.99. The number of allylic oxidation sites excluding steroid dienone is 1. The molecule has 2 rings (SSSR count). The Morgan fingerprint density at radius 1 is 1.11 bits per heavy atom. The number of hydrogen-bond donors (Lipinski definition) is 0. The monoisotopic (exact) mass is 239 g/mol. The SMILES string of the molecule is COc1ccc(/C=C/C(=O)c2ccncc2)cc1. The normalized spacial score (nSPS) is 10.5. The molecule has 0 bridgehead atoms. The molecular weight excluding hydrogens is 226 g/mol. The zero-order chi connectivity index (χ0) is 12.8. The Labute approximate surface area is 106 Å². The average Bonchev–Trinajstić information content (AvgIpc) is 2.46. The molecule has 0 fully saturated rings. The van der Waals surface area contributed by atoms with Crippen LogP contribution in [0.5, 0.6) is 5.75 Å². The van der Waals surface area contributed by atoms with Crippen molar-refractivity contribution in [1.29, 1.82) is 0 Å². The standard InChI is InChI=1S/C15H13NO2/c1-18-14-5-2-12(3-6-14)4-7-15(17)13-8-10-16-11-9-13/h2-11H,1H3/b7-4+. The van der Waals surface area contributed by atoms with Crippen LogP contribution < -0.4 is 4.74 Å². The Hall–Kier alpha value is -2.42. The number of nitrogens with zero attached hydrogens (tertiary/aromatic N) is 1. The smallest absolute Gasteiger partial charge is 0.185 e. The van der Waals surface area contributed by atoms with Crippen molar-refractivity contribution in [3.8, 4) is 5.75 Å². The predicted molar refractivity (Wildman–Crippen MR) is 70.6 cm³/mol. The molecule has 1 heterocycles. The lowest BCUT2D eigenvalue weighted by Crippen LogP contribution is -1.93. The second kappa shape index (κ2) is 5.77. The molecule has 0 amide bonds. The number of benzene rings is 1. The fourth-order valence-electron chi connectivity index (χ4n) is 1.50. The molecule has 2 aromatic rings. The molecule has 0 aliphatic rings. The van der Waals surface area contributed by atoms with Crippen LogP contribution in [0.4, 0.5) is 0 Å². The molecule has 0 aliphatic carbocycles. The molecule has 1 aromatic heterocycles. The molecule has 3 nitrogen and oxygen atoms in total. The van der Waals surface area contributed by atoms with Crippen molar-refractivity contribution in [2.24, 2.45) is 0 Å². The van der Waals surface area contributed by atoms with Crippen LogP contribution in [0, 0.1) is 0 Å². The van der Waals surface area contributed by atoms with Crippen molar-refractivity contribution in [1.82, 2.24) is 4.98 Å². The van der Waals surface area contributed by atoms with Gasteiger partial charge in [-0.2, -0.15) is 0 Å². The van der Waals surface area contributed by atoms with E-state index in [1.165, 1.54) is 0 Å². The van der Waals surface area contributed by atoms with E-state index >= 15 is 0 Å². The summed E-state index contributed by atoms with van der Waals surface area (Å²) >= 11 is 0. The van der Waals surface area contributed by atoms with Gasteiger partial charge in [0.2, 0.25) is 0 Å². The summed E-state index contributed by atoms with van der Waals surface area (Å²) in [4.78, 5) is 15.7. The van der Waals surface area contributed by atoms with Crippen LogP contribution in [-0.4, -0.2) is 17.9 Å². The Bertz CT molecular complexity index is 544. The van der Waals surface area contributed by atoms with Crippen molar-refractivity contribution >= 4 is 11.9 Å². The Kier molecular flexibility index (Phi) is 3.86. The first-order valence-corrected chi connectivity index (χ1v) is 5.56. The summed E-state index contributed by atoms with van der Waals surface area (Å²) in [6.07, 6.45) is 6.54. The minimum atomic E-state index is -0.0341. The highest BCUT2D eigenvalue weighted by atomic mass is 16.5. The molecule has 0 atom stereocenters. The molecule has 18 heavy (non-hydrogen) atoms. The Balaban J connectivity index is 2.08. The zero-order valence-corrected chi connectivity index (χ0v) is 10.0. The molecule has 0 N–H and O–H groups in total. The maximum atomic E-state index is 11.8. The zero-order valence-electron chi connectivity index (χ0n) is 10.0. The van der Waals surface area contributed by atoms with Gasteiger partial charge in [0, 0.05) is 18.0 Å². The minimum Gasteiger partial charge on any atom is -0.497 e. The largest absolute Gasteiger partial charge is 0.497 e. The number of pyridine rings is 1. The van der Waals surface area contributed by atoms with Gasteiger partial charge < -0.3 is 4.74 Å². The lowest BCUT2D eigenvalue weighted by atomic mass is 10.1. The molecule has 0 radical (unpaired) electrons. The van der Waals surface area contributed by atoms with Gasteiger partial charge in [-0.25, -0.2) is 0 Å². The van der Waals surface area contributed by atoms with E-state index in [0.717, 1.165) is 11.3 Å². The summed E-state index contributed by atoms with van der Waals surface area (Å²) in [6.45, 7) is 0. The predicted octanol–water partition coefficient (Wildman–Crippen LogP) is 2.99. The van der Waals surface area contributed by atoms with Crippen molar-refractivity contribution in [3.05, 3.63) is 66.0 Å². The second-order valence-electron chi connectivity index (χ2n) is 3.71. The third-order valence-electron chi connectivity index (χ3n) is 2.51. The van der Waals surface area contributed by atoms with Crippen LogP contribution in [0.1, 0.15) is 15.9 Å². The quantitative estimate of drug-likeness (QED) is 0.608. The van der Waals surface area contributed by atoms with Gasteiger partial charge >= 0.3 is 0 Å². The van der Waals surface area contributed by atoms with Gasteiger partial charge in [0.25, 0.3) is 0 Å². The number of rotatable bonds is 4. The number of aromatic nitrogens is 1. The molecule has 0 unspecified atom stereocenters. The van der Waals surface area contributed by atoms with Crippen molar-refractivity contribution in [2.45, 2.75) is 0 Å². The third kappa shape index (κ3) is 3.04. The van der Waals surface area contributed by atoms with Gasteiger partial charge in [0.15, 0.2) is 5.78 Å². The topological polar surface area (TPSA) is 39.2 Å². The number of carbonyl (C=O) groups is 1. The molecule has 0 aliphatic heterocycles. The first-order valence-electron chi connectivity index (χ1n) is 5.56. The van der Waals surface area contributed by atoms with Gasteiger partial charge in [-0.05, 0) is 35.9 Å². The fourth-order valence-corrected chi connectivity index (χ4v) is 1.50. The molecule has 90 valence electrons. The third-order valence-corrected chi connectivity index (χ3v) is 2.51. The van der Waals surface area contributed by atoms with Crippen molar-refractivity contribution < 1.29 is 9.53 Å². The molecule has 1 aromatic carbocycles. The van der Waals surface area contributed by atoms with Crippen LogP contribution in [0.3, 0.4) is 0 Å². The first-order chi connectivity index (χ1) is 8.79. The Morgan fingerprint density at radius 3 is 2.39 bits per heavy atom. The summed E-state index contributed by atoms with van der Waals surface area (Å²) in [6, 6.07) is 10.9. The number of ether oxygens (including phenoxy) is 1. The summed E-state index contributed by atoms with van der Waals surface area (Å²) in [5, 5.41) is 0. The number of methoxy groups -OCH3 is 1. The van der Waals surface area contributed by atoms with Gasteiger partial charge in [-0.1, -0.05) is 18.2 Å². The molecule has 0 saturated carbocycles. The van der Waals surface area contributed by atoms with E-state index in [1.54, 1.807) is 43.8 Å². The average molecular weight is 239 g/mol. The van der Waals surface area contributed by atoms with Crippen LogP contribution in [0.2, 0.25) is 0 Å². The van der Waals surface area contributed by atoms with E-state index in [0.29, 0.717) is 5.56 Å². The first kappa shape index (κ1) is 12.0. The van der Waals surface area contributed by atoms with E-state index in [4.69, 9.17) is 4.74 Å². The number of hydrogen-bond acceptors (Lipinski definition) is 3. The summed E-state index contributed by atoms with van der Waals surface area (Å²) < 4.78 is 5.07. The molecule has 0 spiro atoms. The highest BCUT2D eigenvalue weighted by Crippen LogP contribution is 2.12. The van der Waals surface area contributed by atoms with Gasteiger partial charge in [-0.3, -0.25) is 9.78 Å². The molecular formula is C15H13NO2. The second-order valence-corrected chi connectivity index (χ2v) is 3.71. The summed E-state index contributed by atoms with van der Waals surface area (Å²) in [5.74, 6) is 0.765. The number of carbonyl (C=O) groups excluding carboxylic acids is 1. The van der Waals surface area contributed by atoms with Crippen LogP contribution in [0.15, 0.2) is 54.9 Å². The van der Waals surface area contributed by atoms with E-state index < -0.39 is 0 Å². The molecule has 0 saturated heterocycles.